The molecule has 0 fully saturated rings. The van der Waals surface area contributed by atoms with Crippen LogP contribution in [0, 0.1) is 0 Å². The average Bonchev–Trinajstić information content (AvgIpc) is 3.03. The maximum atomic E-state index is 12.8. The zero-order valence-corrected chi connectivity index (χ0v) is 20.6. The number of ether oxygens (including phenoxy) is 2. The second-order valence-electron chi connectivity index (χ2n) is 8.79. The van der Waals surface area contributed by atoms with E-state index in [1.807, 2.05) is 24.3 Å². The molecule has 3 rings (SSSR count). The number of anilines is 1. The fourth-order valence-electron chi connectivity index (χ4n) is 3.43. The quantitative estimate of drug-likeness (QED) is 0.627. The Morgan fingerprint density at radius 2 is 1.84 bits per heavy atom. The summed E-state index contributed by atoms with van der Waals surface area (Å²) < 4.78 is 35.0. The highest BCUT2D eigenvalue weighted by atomic mass is 32.2. The smallest absolute Gasteiger partial charge is 0.341 e. The van der Waals surface area contributed by atoms with Crippen LogP contribution >= 0.6 is 11.3 Å². The normalized spacial score (nSPS) is 16.0. The van der Waals surface area contributed by atoms with Crippen molar-refractivity contribution in [2.45, 2.75) is 58.3 Å². The Labute approximate surface area is 193 Å². The lowest BCUT2D eigenvalue weighted by Gasteiger charge is -2.20. The summed E-state index contributed by atoms with van der Waals surface area (Å²) in [5.74, 6) is -0.604. The Morgan fingerprint density at radius 1 is 1.19 bits per heavy atom. The Morgan fingerprint density at radius 3 is 2.44 bits per heavy atom. The highest BCUT2D eigenvalue weighted by molar-refractivity contribution is 7.90. The van der Waals surface area contributed by atoms with Crippen LogP contribution in [0.4, 0.5) is 5.00 Å². The maximum Gasteiger partial charge on any atom is 0.341 e. The molecule has 0 bridgehead atoms. The van der Waals surface area contributed by atoms with Crippen molar-refractivity contribution < 1.29 is 27.5 Å². The fraction of sp³-hybridized carbons (Fsp3) is 0.478. The van der Waals surface area contributed by atoms with E-state index in [0.29, 0.717) is 21.2 Å². The lowest BCUT2D eigenvalue weighted by atomic mass is 9.87. The molecule has 9 heteroatoms. The number of benzene rings is 1. The summed E-state index contributed by atoms with van der Waals surface area (Å²) in [6.45, 7) is 9.85. The van der Waals surface area contributed by atoms with E-state index in [2.05, 4.69) is 26.1 Å². The minimum absolute atomic E-state index is 0.0107. The van der Waals surface area contributed by atoms with Crippen molar-refractivity contribution in [1.29, 1.82) is 0 Å². The molecule has 1 aromatic heterocycles. The molecule has 0 spiro atoms. The molecule has 1 aliphatic rings. The summed E-state index contributed by atoms with van der Waals surface area (Å²) >= 11 is 1.11. The van der Waals surface area contributed by atoms with Crippen LogP contribution in [0.2, 0.25) is 0 Å². The van der Waals surface area contributed by atoms with Crippen LogP contribution < -0.4 is 10.1 Å². The van der Waals surface area contributed by atoms with E-state index >= 15 is 0 Å². The van der Waals surface area contributed by atoms with E-state index in [0.717, 1.165) is 16.9 Å². The zero-order valence-electron chi connectivity index (χ0n) is 19.0. The van der Waals surface area contributed by atoms with E-state index in [-0.39, 0.29) is 35.5 Å². The molecule has 1 N–H and O–H groups in total. The molecule has 1 aromatic carbocycles. The molecular formula is C23H29NO6S2. The van der Waals surface area contributed by atoms with Gasteiger partial charge in [0, 0.05) is 4.88 Å². The van der Waals surface area contributed by atoms with Crippen molar-refractivity contribution >= 4 is 38.1 Å². The van der Waals surface area contributed by atoms with Gasteiger partial charge in [0.25, 0.3) is 5.91 Å². The number of esters is 1. The largest absolute Gasteiger partial charge is 0.481 e. The summed E-state index contributed by atoms with van der Waals surface area (Å²) in [4.78, 5) is 26.0. The van der Waals surface area contributed by atoms with Crippen molar-refractivity contribution in [2.24, 2.45) is 0 Å². The van der Waals surface area contributed by atoms with Gasteiger partial charge in [-0.25, -0.2) is 13.2 Å². The summed E-state index contributed by atoms with van der Waals surface area (Å²) in [7, 11) is -3.22. The Hall–Kier alpha value is -2.39. The first kappa shape index (κ1) is 24.3. The maximum absolute atomic E-state index is 12.8. The van der Waals surface area contributed by atoms with Crippen LogP contribution in [0.15, 0.2) is 24.3 Å². The molecule has 0 saturated carbocycles. The fourth-order valence-corrected chi connectivity index (χ4v) is 6.48. The molecule has 7 nitrogen and oxygen atoms in total. The van der Waals surface area contributed by atoms with Gasteiger partial charge in [-0.3, -0.25) is 4.79 Å². The van der Waals surface area contributed by atoms with Crippen molar-refractivity contribution in [2.75, 3.05) is 17.7 Å². The van der Waals surface area contributed by atoms with Crippen molar-refractivity contribution in [3.05, 3.63) is 45.8 Å². The van der Waals surface area contributed by atoms with Crippen molar-refractivity contribution in [3.8, 4) is 5.75 Å². The van der Waals surface area contributed by atoms with Crippen LogP contribution in [-0.4, -0.2) is 38.8 Å². The van der Waals surface area contributed by atoms with Crippen LogP contribution in [0.25, 0.3) is 0 Å². The number of hydrogen-bond donors (Lipinski definition) is 1. The van der Waals surface area contributed by atoms with Gasteiger partial charge in [0.2, 0.25) is 0 Å². The predicted molar refractivity (Wildman–Crippen MR) is 125 cm³/mol. The molecule has 32 heavy (non-hydrogen) atoms. The third-order valence-electron chi connectivity index (χ3n) is 5.22. The van der Waals surface area contributed by atoms with Crippen molar-refractivity contribution in [3.63, 3.8) is 0 Å². The number of thiophene rings is 1. The molecule has 0 aliphatic carbocycles. The zero-order chi connectivity index (χ0) is 23.7. The Balaban J connectivity index is 1.79. The molecular weight excluding hydrogens is 450 g/mol. The van der Waals surface area contributed by atoms with Gasteiger partial charge < -0.3 is 14.8 Å². The number of sulfone groups is 1. The number of nitrogens with one attached hydrogen (secondary N) is 1. The minimum atomic E-state index is -3.22. The molecule has 0 radical (unpaired) electrons. The number of carbonyl (C=O) groups excluding carboxylic acids is 2. The van der Waals surface area contributed by atoms with Gasteiger partial charge in [-0.15, -0.1) is 11.3 Å². The third-order valence-corrected chi connectivity index (χ3v) is 8.11. The molecule has 1 amide bonds. The first-order valence-electron chi connectivity index (χ1n) is 10.5. The van der Waals surface area contributed by atoms with E-state index in [4.69, 9.17) is 9.47 Å². The van der Waals surface area contributed by atoms with E-state index in [1.165, 1.54) is 0 Å². The first-order valence-corrected chi connectivity index (χ1v) is 13.1. The van der Waals surface area contributed by atoms with Gasteiger partial charge in [0.1, 0.15) is 10.8 Å². The molecule has 1 atom stereocenters. The number of rotatable bonds is 6. The number of amides is 1. The summed E-state index contributed by atoms with van der Waals surface area (Å²) in [6.07, 6.45) is -0.599. The lowest BCUT2D eigenvalue weighted by Crippen LogP contribution is -2.30. The monoisotopic (exact) mass is 479 g/mol. The third kappa shape index (κ3) is 5.50. The van der Waals surface area contributed by atoms with Crippen LogP contribution in [0.5, 0.6) is 5.75 Å². The SMILES string of the molecule is CCOC(=O)c1c(NC(=O)C(C)Oc2ccc(C(C)(C)C)cc2)sc2c1CCS(=O)(=O)C2. The van der Waals surface area contributed by atoms with Gasteiger partial charge in [-0.05, 0) is 48.9 Å². The lowest BCUT2D eigenvalue weighted by molar-refractivity contribution is -0.122. The molecule has 1 aliphatic heterocycles. The van der Waals surface area contributed by atoms with Crippen LogP contribution in [-0.2, 0) is 37.0 Å². The highest BCUT2D eigenvalue weighted by Gasteiger charge is 2.32. The van der Waals surface area contributed by atoms with E-state index in [9.17, 15) is 18.0 Å². The number of carbonyl (C=O) groups is 2. The van der Waals surface area contributed by atoms with Gasteiger partial charge in [-0.1, -0.05) is 32.9 Å². The van der Waals surface area contributed by atoms with Gasteiger partial charge in [0.15, 0.2) is 15.9 Å². The Bertz CT molecular complexity index is 1110. The van der Waals surface area contributed by atoms with E-state index < -0.39 is 27.8 Å². The second-order valence-corrected chi connectivity index (χ2v) is 12.1. The highest BCUT2D eigenvalue weighted by Crippen LogP contribution is 2.38. The van der Waals surface area contributed by atoms with E-state index in [1.54, 1.807) is 13.8 Å². The molecule has 1 unspecified atom stereocenters. The predicted octanol–water partition coefficient (Wildman–Crippen LogP) is 4.10. The first-order chi connectivity index (χ1) is 14.9. The molecule has 2 heterocycles. The number of fused-ring (bicyclic) bond motifs is 1. The topological polar surface area (TPSA) is 98.8 Å². The van der Waals surface area contributed by atoms with Gasteiger partial charge in [-0.2, -0.15) is 0 Å². The van der Waals surface area contributed by atoms with Gasteiger partial charge >= 0.3 is 5.97 Å². The Kier molecular flexibility index (Phi) is 7.00. The van der Waals surface area contributed by atoms with Gasteiger partial charge in [0.05, 0.1) is 23.7 Å². The van der Waals surface area contributed by atoms with Crippen LogP contribution in [0.3, 0.4) is 0 Å². The van der Waals surface area contributed by atoms with Crippen LogP contribution in [0.1, 0.15) is 61.0 Å². The summed E-state index contributed by atoms with van der Waals surface area (Å²) in [6, 6.07) is 7.57. The summed E-state index contributed by atoms with van der Waals surface area (Å²) in [5.41, 5.74) is 2.05. The second kappa shape index (κ2) is 9.23. The van der Waals surface area contributed by atoms with Crippen molar-refractivity contribution in [1.82, 2.24) is 0 Å². The molecule has 0 saturated heterocycles. The summed E-state index contributed by atoms with van der Waals surface area (Å²) in [5, 5.41) is 3.05. The standard InChI is InChI=1S/C23H29NO6S2/c1-6-29-22(26)19-17-11-12-32(27,28)13-18(17)31-21(19)24-20(25)14(2)30-16-9-7-15(8-10-16)23(3,4)5/h7-10,14H,6,11-13H2,1-5H3,(H,24,25). The minimum Gasteiger partial charge on any atom is -0.481 e. The number of hydrogen-bond acceptors (Lipinski definition) is 7. The average molecular weight is 480 g/mol. The molecule has 2 aromatic rings. The molecule has 174 valence electrons.